The zero-order chi connectivity index (χ0) is 21.7. The molecule has 1 heterocycles. The van der Waals surface area contributed by atoms with Crippen LogP contribution in [0.3, 0.4) is 0 Å². The number of fused-ring (bicyclic) bond motifs is 1. The first-order valence-corrected chi connectivity index (χ1v) is 10.6. The minimum Gasteiger partial charge on any atom is -0.399 e. The number of ether oxygens (including phenoxy) is 2. The molecule has 1 aliphatic heterocycles. The van der Waals surface area contributed by atoms with Crippen molar-refractivity contribution in [2.45, 2.75) is 25.6 Å². The number of nitrogen functional groups attached to an aromatic ring is 1. The highest BCUT2D eigenvalue weighted by Crippen LogP contribution is 2.43. The second-order valence-electron chi connectivity index (χ2n) is 7.86. The van der Waals surface area contributed by atoms with Gasteiger partial charge in [-0.1, -0.05) is 60.7 Å². The molecule has 0 saturated carbocycles. The van der Waals surface area contributed by atoms with Gasteiger partial charge in [-0.3, -0.25) is 4.79 Å². The van der Waals surface area contributed by atoms with Crippen molar-refractivity contribution in [1.29, 1.82) is 0 Å². The van der Waals surface area contributed by atoms with Crippen molar-refractivity contribution in [3.63, 3.8) is 0 Å². The van der Waals surface area contributed by atoms with Crippen molar-refractivity contribution >= 4 is 17.3 Å². The van der Waals surface area contributed by atoms with Gasteiger partial charge >= 0.3 is 0 Å². The molecule has 0 saturated heterocycles. The van der Waals surface area contributed by atoms with E-state index in [9.17, 15) is 4.79 Å². The summed E-state index contributed by atoms with van der Waals surface area (Å²) in [5, 5.41) is 0. The molecule has 0 bridgehead atoms. The van der Waals surface area contributed by atoms with Crippen molar-refractivity contribution < 1.29 is 14.3 Å². The van der Waals surface area contributed by atoms with Crippen LogP contribution in [0.2, 0.25) is 0 Å². The van der Waals surface area contributed by atoms with Crippen LogP contribution in [0, 0.1) is 0 Å². The number of benzene rings is 3. The van der Waals surface area contributed by atoms with Crippen molar-refractivity contribution in [2.24, 2.45) is 0 Å². The molecule has 3 aromatic rings. The first kappa shape index (κ1) is 21.1. The molecule has 0 fully saturated rings. The number of amides is 1. The molecule has 1 amide bonds. The largest absolute Gasteiger partial charge is 0.399 e. The predicted octanol–water partition coefficient (Wildman–Crippen LogP) is 4.31. The highest BCUT2D eigenvalue weighted by molar-refractivity contribution is 6.08. The van der Waals surface area contributed by atoms with E-state index >= 15 is 0 Å². The van der Waals surface area contributed by atoms with Crippen LogP contribution >= 0.6 is 0 Å². The first-order valence-electron chi connectivity index (χ1n) is 10.6. The molecule has 0 aromatic heterocycles. The Labute approximate surface area is 183 Å². The number of carbonyl (C=O) groups is 1. The molecular weight excluding hydrogens is 388 g/mol. The molecule has 0 radical (unpaired) electrons. The number of likely N-dealkylation sites (N-methyl/N-ethyl adjacent to an activating group) is 1. The number of hydrogen-bond donors (Lipinski definition) is 1. The fraction of sp³-hybridized carbons (Fsp3) is 0.269. The summed E-state index contributed by atoms with van der Waals surface area (Å²) < 4.78 is 12.2. The topological polar surface area (TPSA) is 64.8 Å². The van der Waals surface area contributed by atoms with E-state index in [0.717, 1.165) is 22.4 Å². The van der Waals surface area contributed by atoms with E-state index < -0.39 is 5.41 Å². The number of rotatable bonds is 9. The highest BCUT2D eigenvalue weighted by atomic mass is 16.5. The molecule has 5 nitrogen and oxygen atoms in total. The summed E-state index contributed by atoms with van der Waals surface area (Å²) >= 11 is 0. The Morgan fingerprint density at radius 2 is 1.39 bits per heavy atom. The SMILES string of the molecule is CCN1C(=O)C(COCc2ccccc2)(COCc2ccccc2)c2cc(N)ccc21. The molecule has 0 aliphatic carbocycles. The normalized spacial score (nSPS) is 14.6. The van der Waals surface area contributed by atoms with E-state index in [0.29, 0.717) is 25.4 Å². The van der Waals surface area contributed by atoms with E-state index in [4.69, 9.17) is 15.2 Å². The van der Waals surface area contributed by atoms with Gasteiger partial charge in [0.1, 0.15) is 5.41 Å². The zero-order valence-electron chi connectivity index (χ0n) is 17.8. The standard InChI is InChI=1S/C26H28N2O3/c1-2-28-24-14-13-22(27)15-23(24)26(25(28)29,18-30-16-20-9-5-3-6-10-20)19-31-17-21-11-7-4-8-12-21/h3-15H,2,16-19,27H2,1H3. The smallest absolute Gasteiger partial charge is 0.242 e. The van der Waals surface area contributed by atoms with E-state index in [-0.39, 0.29) is 19.1 Å². The maximum absolute atomic E-state index is 13.6. The Morgan fingerprint density at radius 1 is 0.839 bits per heavy atom. The summed E-state index contributed by atoms with van der Waals surface area (Å²) in [7, 11) is 0. The average molecular weight is 417 g/mol. The van der Waals surface area contributed by atoms with Crippen LogP contribution in [0.15, 0.2) is 78.9 Å². The van der Waals surface area contributed by atoms with Crippen molar-refractivity contribution in [2.75, 3.05) is 30.4 Å². The van der Waals surface area contributed by atoms with Gasteiger partial charge in [-0.25, -0.2) is 0 Å². The second-order valence-corrected chi connectivity index (χ2v) is 7.86. The predicted molar refractivity (Wildman–Crippen MR) is 123 cm³/mol. The number of anilines is 2. The van der Waals surface area contributed by atoms with Gasteiger partial charge in [0.2, 0.25) is 5.91 Å². The quantitative estimate of drug-likeness (QED) is 0.528. The van der Waals surface area contributed by atoms with Gasteiger partial charge in [-0.15, -0.1) is 0 Å². The van der Waals surface area contributed by atoms with Crippen LogP contribution in [-0.2, 0) is 32.9 Å². The van der Waals surface area contributed by atoms with E-state index in [1.54, 1.807) is 4.90 Å². The Hall–Kier alpha value is -3.15. The molecule has 1 aliphatic rings. The van der Waals surface area contributed by atoms with Crippen LogP contribution in [0.5, 0.6) is 0 Å². The van der Waals surface area contributed by atoms with Crippen molar-refractivity contribution in [3.05, 3.63) is 95.6 Å². The summed E-state index contributed by atoms with van der Waals surface area (Å²) in [5.74, 6) is -0.00303. The summed E-state index contributed by atoms with van der Waals surface area (Å²) in [6.45, 7) is 3.86. The van der Waals surface area contributed by atoms with E-state index in [2.05, 4.69) is 0 Å². The van der Waals surface area contributed by atoms with Crippen LogP contribution in [-0.4, -0.2) is 25.7 Å². The van der Waals surface area contributed by atoms with Gasteiger partial charge in [-0.2, -0.15) is 0 Å². The van der Waals surface area contributed by atoms with Crippen LogP contribution < -0.4 is 10.6 Å². The molecule has 0 unspecified atom stereocenters. The first-order chi connectivity index (χ1) is 15.1. The lowest BCUT2D eigenvalue weighted by Crippen LogP contribution is -2.47. The maximum Gasteiger partial charge on any atom is 0.242 e. The average Bonchev–Trinajstić information content (AvgIpc) is 3.02. The number of hydrogen-bond acceptors (Lipinski definition) is 4. The minimum atomic E-state index is -0.926. The number of nitrogens with zero attached hydrogens (tertiary/aromatic N) is 1. The number of nitrogens with two attached hydrogens (primary N) is 1. The lowest BCUT2D eigenvalue weighted by atomic mass is 9.83. The highest BCUT2D eigenvalue weighted by Gasteiger charge is 2.51. The lowest BCUT2D eigenvalue weighted by Gasteiger charge is -2.28. The van der Waals surface area contributed by atoms with Gasteiger partial charge < -0.3 is 20.1 Å². The summed E-state index contributed by atoms with van der Waals surface area (Å²) in [4.78, 5) is 15.4. The third-order valence-electron chi connectivity index (χ3n) is 5.72. The van der Waals surface area contributed by atoms with Gasteiger partial charge in [0, 0.05) is 17.9 Å². The lowest BCUT2D eigenvalue weighted by molar-refractivity contribution is -0.129. The van der Waals surface area contributed by atoms with Crippen molar-refractivity contribution in [3.8, 4) is 0 Å². The molecule has 0 spiro atoms. The summed E-state index contributed by atoms with van der Waals surface area (Å²) in [5.41, 5.74) is 9.70. The third kappa shape index (κ3) is 4.33. The van der Waals surface area contributed by atoms with Crippen LogP contribution in [0.1, 0.15) is 23.6 Å². The minimum absolute atomic E-state index is 0.00303. The van der Waals surface area contributed by atoms with Crippen LogP contribution in [0.25, 0.3) is 0 Å². The monoisotopic (exact) mass is 416 g/mol. The molecule has 0 atom stereocenters. The molecule has 3 aromatic carbocycles. The molecular formula is C26H28N2O3. The molecule has 4 rings (SSSR count). The maximum atomic E-state index is 13.6. The molecule has 160 valence electrons. The van der Waals surface area contributed by atoms with Gasteiger partial charge in [0.05, 0.1) is 26.4 Å². The Morgan fingerprint density at radius 3 is 1.90 bits per heavy atom. The fourth-order valence-corrected chi connectivity index (χ4v) is 4.12. The van der Waals surface area contributed by atoms with Crippen LogP contribution in [0.4, 0.5) is 11.4 Å². The van der Waals surface area contributed by atoms with E-state index in [1.165, 1.54) is 0 Å². The molecule has 5 heteroatoms. The zero-order valence-corrected chi connectivity index (χ0v) is 17.8. The Bertz CT molecular complexity index is 976. The van der Waals surface area contributed by atoms with E-state index in [1.807, 2.05) is 85.8 Å². The Balaban J connectivity index is 1.60. The van der Waals surface area contributed by atoms with Gasteiger partial charge in [0.15, 0.2) is 0 Å². The molecule has 31 heavy (non-hydrogen) atoms. The fourth-order valence-electron chi connectivity index (χ4n) is 4.12. The number of carbonyl (C=O) groups excluding carboxylic acids is 1. The van der Waals surface area contributed by atoms with Gasteiger partial charge in [-0.05, 0) is 41.8 Å². The molecule has 2 N–H and O–H groups in total. The third-order valence-corrected chi connectivity index (χ3v) is 5.72. The second kappa shape index (κ2) is 9.33. The Kier molecular flexibility index (Phi) is 6.35. The van der Waals surface area contributed by atoms with Crippen molar-refractivity contribution in [1.82, 2.24) is 0 Å². The van der Waals surface area contributed by atoms with Gasteiger partial charge in [0.25, 0.3) is 0 Å². The summed E-state index contributed by atoms with van der Waals surface area (Å²) in [6, 6.07) is 25.6. The summed E-state index contributed by atoms with van der Waals surface area (Å²) in [6.07, 6.45) is 0.